The van der Waals surface area contributed by atoms with E-state index in [4.69, 9.17) is 0 Å². The van der Waals surface area contributed by atoms with Crippen molar-refractivity contribution < 1.29 is 9.90 Å². The van der Waals surface area contributed by atoms with Gasteiger partial charge in [0.15, 0.2) is 0 Å². The molecular weight excluding hydrogens is 142 g/mol. The molecule has 1 rings (SSSR count). The van der Waals surface area contributed by atoms with Gasteiger partial charge in [0.25, 0.3) is 0 Å². The lowest BCUT2D eigenvalue weighted by Crippen LogP contribution is -2.45. The molecule has 2 unspecified atom stereocenters. The molecular formula is C8H15NO2. The normalized spacial score (nSPS) is 33.7. The van der Waals surface area contributed by atoms with Gasteiger partial charge in [-0.05, 0) is 26.8 Å². The van der Waals surface area contributed by atoms with Crippen molar-refractivity contribution in [2.45, 2.75) is 31.9 Å². The summed E-state index contributed by atoms with van der Waals surface area (Å²) in [5, 5.41) is 9.27. The minimum absolute atomic E-state index is 0.0567. The van der Waals surface area contributed by atoms with Crippen LogP contribution in [0.3, 0.4) is 0 Å². The van der Waals surface area contributed by atoms with Crippen molar-refractivity contribution in [2.75, 3.05) is 13.6 Å². The molecule has 0 amide bonds. The number of ketones is 1. The standard InChI is InChI=1S/C8H15NO2/c1-6(10)8-5-7(11)3-4-9(8)2/h7-8,11H,3-5H2,1-2H3. The van der Waals surface area contributed by atoms with Gasteiger partial charge in [-0.2, -0.15) is 0 Å². The molecule has 2 atom stereocenters. The molecule has 0 radical (unpaired) electrons. The number of likely N-dealkylation sites (N-methyl/N-ethyl adjacent to an activating group) is 1. The molecule has 0 bridgehead atoms. The van der Waals surface area contributed by atoms with Crippen molar-refractivity contribution in [2.24, 2.45) is 0 Å². The predicted octanol–water partition coefficient (Wildman–Crippen LogP) is 0.0305. The molecule has 0 saturated carbocycles. The zero-order chi connectivity index (χ0) is 8.43. The van der Waals surface area contributed by atoms with Crippen molar-refractivity contribution in [1.29, 1.82) is 0 Å². The third kappa shape index (κ3) is 2.01. The number of nitrogens with zero attached hydrogens (tertiary/aromatic N) is 1. The summed E-state index contributed by atoms with van der Waals surface area (Å²) >= 11 is 0. The number of carbonyl (C=O) groups excluding carboxylic acids is 1. The Hall–Kier alpha value is -0.410. The smallest absolute Gasteiger partial charge is 0.146 e. The zero-order valence-electron chi connectivity index (χ0n) is 7.08. The molecule has 3 nitrogen and oxygen atoms in total. The average Bonchev–Trinajstić information content (AvgIpc) is 1.94. The van der Waals surface area contributed by atoms with Crippen molar-refractivity contribution >= 4 is 5.78 Å². The second-order valence-electron chi connectivity index (χ2n) is 3.29. The van der Waals surface area contributed by atoms with Crippen LogP contribution in [0.5, 0.6) is 0 Å². The Morgan fingerprint density at radius 2 is 2.27 bits per heavy atom. The Morgan fingerprint density at radius 1 is 1.64 bits per heavy atom. The Bertz CT molecular complexity index is 158. The minimum atomic E-state index is -0.278. The maximum Gasteiger partial charge on any atom is 0.146 e. The van der Waals surface area contributed by atoms with Gasteiger partial charge in [0, 0.05) is 6.54 Å². The van der Waals surface area contributed by atoms with Gasteiger partial charge in [-0.15, -0.1) is 0 Å². The third-order valence-electron chi connectivity index (χ3n) is 2.31. The fourth-order valence-corrected chi connectivity index (χ4v) is 1.54. The molecule has 11 heavy (non-hydrogen) atoms. The Labute approximate surface area is 67.0 Å². The van der Waals surface area contributed by atoms with Gasteiger partial charge in [-0.25, -0.2) is 0 Å². The maximum atomic E-state index is 11.0. The van der Waals surface area contributed by atoms with Crippen molar-refractivity contribution in [3.63, 3.8) is 0 Å². The van der Waals surface area contributed by atoms with Gasteiger partial charge < -0.3 is 5.11 Å². The summed E-state index contributed by atoms with van der Waals surface area (Å²) < 4.78 is 0. The largest absolute Gasteiger partial charge is 0.393 e. The number of hydrogen-bond acceptors (Lipinski definition) is 3. The highest BCUT2D eigenvalue weighted by molar-refractivity contribution is 5.81. The summed E-state index contributed by atoms with van der Waals surface area (Å²) in [6.07, 6.45) is 1.12. The first kappa shape index (κ1) is 8.68. The van der Waals surface area contributed by atoms with E-state index in [2.05, 4.69) is 0 Å². The topological polar surface area (TPSA) is 40.5 Å². The molecule has 1 fully saturated rings. The Balaban J connectivity index is 2.54. The molecule has 0 aromatic rings. The Morgan fingerprint density at radius 3 is 2.73 bits per heavy atom. The molecule has 1 aliphatic heterocycles. The highest BCUT2D eigenvalue weighted by Crippen LogP contribution is 2.15. The van der Waals surface area contributed by atoms with Gasteiger partial charge in [-0.3, -0.25) is 9.69 Å². The van der Waals surface area contributed by atoms with Crippen LogP contribution >= 0.6 is 0 Å². The molecule has 0 aromatic heterocycles. The maximum absolute atomic E-state index is 11.0. The predicted molar refractivity (Wildman–Crippen MR) is 42.3 cm³/mol. The van der Waals surface area contributed by atoms with E-state index in [0.717, 1.165) is 13.0 Å². The van der Waals surface area contributed by atoms with Gasteiger partial charge in [0.05, 0.1) is 12.1 Å². The highest BCUT2D eigenvalue weighted by atomic mass is 16.3. The van der Waals surface area contributed by atoms with E-state index in [-0.39, 0.29) is 17.9 Å². The quantitative estimate of drug-likeness (QED) is 0.584. The first-order valence-corrected chi connectivity index (χ1v) is 4.00. The number of Topliss-reactive ketones (excluding diaryl/α,β-unsaturated/α-hetero) is 1. The lowest BCUT2D eigenvalue weighted by molar-refractivity contribution is -0.124. The van der Waals surface area contributed by atoms with Crippen LogP contribution in [0.15, 0.2) is 0 Å². The van der Waals surface area contributed by atoms with Crippen LogP contribution < -0.4 is 0 Å². The van der Waals surface area contributed by atoms with E-state index in [1.54, 1.807) is 6.92 Å². The van der Waals surface area contributed by atoms with Crippen LogP contribution in [0.2, 0.25) is 0 Å². The summed E-state index contributed by atoms with van der Waals surface area (Å²) in [7, 11) is 1.93. The zero-order valence-corrected chi connectivity index (χ0v) is 7.08. The van der Waals surface area contributed by atoms with Gasteiger partial charge in [0.1, 0.15) is 5.78 Å². The van der Waals surface area contributed by atoms with Gasteiger partial charge in [-0.1, -0.05) is 0 Å². The van der Waals surface area contributed by atoms with Gasteiger partial charge in [0.2, 0.25) is 0 Å². The second kappa shape index (κ2) is 3.32. The number of piperidine rings is 1. The SMILES string of the molecule is CC(=O)C1CC(O)CCN1C. The second-order valence-corrected chi connectivity index (χ2v) is 3.29. The molecule has 0 spiro atoms. The number of likely N-dealkylation sites (tertiary alicyclic amines) is 1. The molecule has 1 heterocycles. The fourth-order valence-electron chi connectivity index (χ4n) is 1.54. The summed E-state index contributed by atoms with van der Waals surface area (Å²) in [5.74, 6) is 0.159. The van der Waals surface area contributed by atoms with Crippen LogP contribution in [-0.4, -0.2) is 41.5 Å². The molecule has 64 valence electrons. The van der Waals surface area contributed by atoms with Crippen LogP contribution in [-0.2, 0) is 4.79 Å². The number of carbonyl (C=O) groups is 1. The van der Waals surface area contributed by atoms with E-state index in [1.165, 1.54) is 0 Å². The minimum Gasteiger partial charge on any atom is -0.393 e. The van der Waals surface area contributed by atoms with E-state index in [1.807, 2.05) is 11.9 Å². The summed E-state index contributed by atoms with van der Waals surface area (Å²) in [5.41, 5.74) is 0. The summed E-state index contributed by atoms with van der Waals surface area (Å²) in [4.78, 5) is 13.0. The molecule has 1 N–H and O–H groups in total. The van der Waals surface area contributed by atoms with Crippen molar-refractivity contribution in [3.05, 3.63) is 0 Å². The monoisotopic (exact) mass is 157 g/mol. The molecule has 1 aliphatic rings. The van der Waals surface area contributed by atoms with Crippen LogP contribution in [0.4, 0.5) is 0 Å². The van der Waals surface area contributed by atoms with E-state index >= 15 is 0 Å². The van der Waals surface area contributed by atoms with Crippen LogP contribution in [0, 0.1) is 0 Å². The third-order valence-corrected chi connectivity index (χ3v) is 2.31. The number of aliphatic hydroxyl groups is 1. The number of hydrogen-bond donors (Lipinski definition) is 1. The number of aliphatic hydroxyl groups excluding tert-OH is 1. The van der Waals surface area contributed by atoms with E-state index in [9.17, 15) is 9.90 Å². The van der Waals surface area contributed by atoms with E-state index < -0.39 is 0 Å². The van der Waals surface area contributed by atoms with Gasteiger partial charge >= 0.3 is 0 Å². The first-order valence-electron chi connectivity index (χ1n) is 4.00. The highest BCUT2D eigenvalue weighted by Gasteiger charge is 2.27. The number of rotatable bonds is 1. The van der Waals surface area contributed by atoms with Crippen LogP contribution in [0.1, 0.15) is 19.8 Å². The summed E-state index contributed by atoms with van der Waals surface area (Å²) in [6.45, 7) is 2.41. The molecule has 3 heteroatoms. The lowest BCUT2D eigenvalue weighted by atomic mass is 9.98. The molecule has 1 saturated heterocycles. The first-order chi connectivity index (χ1) is 5.11. The van der Waals surface area contributed by atoms with E-state index in [0.29, 0.717) is 6.42 Å². The Kier molecular flexibility index (Phi) is 2.62. The molecule has 0 aliphatic carbocycles. The lowest BCUT2D eigenvalue weighted by Gasteiger charge is -2.33. The fraction of sp³-hybridized carbons (Fsp3) is 0.875. The van der Waals surface area contributed by atoms with Crippen molar-refractivity contribution in [1.82, 2.24) is 4.90 Å². The van der Waals surface area contributed by atoms with Crippen LogP contribution in [0.25, 0.3) is 0 Å². The van der Waals surface area contributed by atoms with Crippen molar-refractivity contribution in [3.8, 4) is 0 Å². The average molecular weight is 157 g/mol. The molecule has 0 aromatic carbocycles. The summed E-state index contributed by atoms with van der Waals surface area (Å²) in [6, 6.07) is -0.0567.